The minimum absolute atomic E-state index is 0.131. The third-order valence-electron chi connectivity index (χ3n) is 4.36. The largest absolute Gasteiger partial charge is 0.490 e. The molecule has 0 aliphatic carbocycles. The number of esters is 1. The van der Waals surface area contributed by atoms with Gasteiger partial charge in [-0.05, 0) is 34.9 Å². The summed E-state index contributed by atoms with van der Waals surface area (Å²) < 4.78 is 10.7. The molecule has 144 valence electrons. The smallest absolute Gasteiger partial charge is 0.325 e. The van der Waals surface area contributed by atoms with Gasteiger partial charge in [0.25, 0.3) is 0 Å². The molecule has 0 unspecified atom stereocenters. The Kier molecular flexibility index (Phi) is 6.63. The second-order valence-corrected chi connectivity index (χ2v) is 6.43. The van der Waals surface area contributed by atoms with Crippen LogP contribution in [-0.4, -0.2) is 31.6 Å². The lowest BCUT2D eigenvalue weighted by atomic mass is 10.0. The Hall–Kier alpha value is -3.34. The first-order chi connectivity index (χ1) is 13.6. The zero-order valence-corrected chi connectivity index (χ0v) is 15.8. The predicted octanol–water partition coefficient (Wildman–Crippen LogP) is 3.43. The van der Waals surface area contributed by atoms with E-state index in [4.69, 9.17) is 9.47 Å². The van der Waals surface area contributed by atoms with Gasteiger partial charge in [-0.3, -0.25) is 9.59 Å². The van der Waals surface area contributed by atoms with Crippen molar-refractivity contribution in [3.8, 4) is 5.75 Å². The number of hydrogen-bond acceptors (Lipinski definition) is 4. The molecule has 0 aromatic heterocycles. The number of carbonyl (C=O) groups excluding carboxylic acids is 2. The lowest BCUT2D eigenvalue weighted by molar-refractivity contribution is -0.144. The summed E-state index contributed by atoms with van der Waals surface area (Å²) in [5.41, 5.74) is 1.95. The van der Waals surface area contributed by atoms with Crippen LogP contribution < -0.4 is 10.1 Å². The Morgan fingerprint density at radius 1 is 0.893 bits per heavy atom. The SMILES string of the molecule is Cc1ccccc1OCCOC(=O)CNC(=O)Cc1cccc2ccccc12. The van der Waals surface area contributed by atoms with Crippen LogP contribution in [0.1, 0.15) is 11.1 Å². The number of rotatable bonds is 8. The summed E-state index contributed by atoms with van der Waals surface area (Å²) in [6.07, 6.45) is 0.213. The summed E-state index contributed by atoms with van der Waals surface area (Å²) in [7, 11) is 0. The number of ether oxygens (including phenoxy) is 2. The van der Waals surface area contributed by atoms with Crippen LogP contribution in [0.25, 0.3) is 10.8 Å². The van der Waals surface area contributed by atoms with E-state index in [1.54, 1.807) is 0 Å². The fraction of sp³-hybridized carbons (Fsp3) is 0.217. The molecule has 0 saturated heterocycles. The van der Waals surface area contributed by atoms with Gasteiger partial charge in [0, 0.05) is 0 Å². The number of aryl methyl sites for hydroxylation is 1. The van der Waals surface area contributed by atoms with E-state index in [9.17, 15) is 9.59 Å². The summed E-state index contributed by atoms with van der Waals surface area (Å²) in [6.45, 7) is 2.19. The van der Waals surface area contributed by atoms with Gasteiger partial charge in [-0.25, -0.2) is 0 Å². The molecule has 0 saturated carbocycles. The zero-order chi connectivity index (χ0) is 19.8. The Labute approximate surface area is 164 Å². The standard InChI is InChI=1S/C23H23NO4/c1-17-7-2-5-12-21(17)27-13-14-28-23(26)16-24-22(25)15-19-10-6-9-18-8-3-4-11-20(18)19/h2-12H,13-16H2,1H3,(H,24,25). The third-order valence-corrected chi connectivity index (χ3v) is 4.36. The van der Waals surface area contributed by atoms with Crippen molar-refractivity contribution in [3.63, 3.8) is 0 Å². The molecule has 0 atom stereocenters. The molecule has 0 radical (unpaired) electrons. The third kappa shape index (κ3) is 5.33. The van der Waals surface area contributed by atoms with Crippen LogP contribution in [-0.2, 0) is 20.7 Å². The van der Waals surface area contributed by atoms with E-state index < -0.39 is 5.97 Å². The highest BCUT2D eigenvalue weighted by atomic mass is 16.6. The van der Waals surface area contributed by atoms with Gasteiger partial charge in [-0.2, -0.15) is 0 Å². The number of nitrogens with one attached hydrogen (secondary N) is 1. The highest BCUT2D eigenvalue weighted by Gasteiger charge is 2.09. The molecule has 28 heavy (non-hydrogen) atoms. The van der Waals surface area contributed by atoms with E-state index in [2.05, 4.69) is 5.32 Å². The molecule has 0 aliphatic heterocycles. The molecule has 5 heteroatoms. The first-order valence-electron chi connectivity index (χ1n) is 9.21. The van der Waals surface area contributed by atoms with Crippen LogP contribution in [0.4, 0.5) is 0 Å². The summed E-state index contributed by atoms with van der Waals surface area (Å²) in [4.78, 5) is 24.0. The van der Waals surface area contributed by atoms with Gasteiger partial charge in [-0.1, -0.05) is 60.7 Å². The fourth-order valence-corrected chi connectivity index (χ4v) is 2.93. The first kappa shape index (κ1) is 19.4. The number of para-hydroxylation sites is 1. The van der Waals surface area contributed by atoms with Gasteiger partial charge < -0.3 is 14.8 Å². The second-order valence-electron chi connectivity index (χ2n) is 6.43. The van der Waals surface area contributed by atoms with Crippen LogP contribution in [0, 0.1) is 6.92 Å². The molecular weight excluding hydrogens is 354 g/mol. The van der Waals surface area contributed by atoms with Crippen LogP contribution in [0.5, 0.6) is 5.75 Å². The summed E-state index contributed by atoms with van der Waals surface area (Å²) in [6, 6.07) is 21.4. The van der Waals surface area contributed by atoms with Crippen molar-refractivity contribution >= 4 is 22.6 Å². The molecule has 0 aliphatic rings. The van der Waals surface area contributed by atoms with Crippen molar-refractivity contribution < 1.29 is 19.1 Å². The molecule has 3 aromatic carbocycles. The Bertz CT molecular complexity index is 962. The molecule has 3 rings (SSSR count). The van der Waals surface area contributed by atoms with Gasteiger partial charge in [0.15, 0.2) is 0 Å². The lowest BCUT2D eigenvalue weighted by Crippen LogP contribution is -2.32. The van der Waals surface area contributed by atoms with Crippen molar-refractivity contribution in [1.82, 2.24) is 5.32 Å². The molecule has 1 amide bonds. The van der Waals surface area contributed by atoms with Crippen LogP contribution in [0.15, 0.2) is 66.7 Å². The maximum absolute atomic E-state index is 12.2. The summed E-state index contributed by atoms with van der Waals surface area (Å²) in [5, 5.41) is 4.73. The van der Waals surface area contributed by atoms with Crippen molar-refractivity contribution in [1.29, 1.82) is 0 Å². The molecule has 0 spiro atoms. The van der Waals surface area contributed by atoms with Crippen molar-refractivity contribution in [3.05, 3.63) is 77.9 Å². The maximum atomic E-state index is 12.2. The average Bonchev–Trinajstić information content (AvgIpc) is 2.71. The number of carbonyl (C=O) groups is 2. The lowest BCUT2D eigenvalue weighted by Gasteiger charge is -2.10. The van der Waals surface area contributed by atoms with Crippen LogP contribution >= 0.6 is 0 Å². The predicted molar refractivity (Wildman–Crippen MR) is 108 cm³/mol. The second kappa shape index (κ2) is 9.55. The molecular formula is C23H23NO4. The van der Waals surface area contributed by atoms with E-state index in [1.807, 2.05) is 73.7 Å². The van der Waals surface area contributed by atoms with Gasteiger partial charge in [0.1, 0.15) is 25.5 Å². The fourth-order valence-electron chi connectivity index (χ4n) is 2.93. The topological polar surface area (TPSA) is 64.6 Å². The highest BCUT2D eigenvalue weighted by molar-refractivity contribution is 5.91. The zero-order valence-electron chi connectivity index (χ0n) is 15.8. The number of hydrogen-bond donors (Lipinski definition) is 1. The number of fused-ring (bicyclic) bond motifs is 1. The molecule has 0 bridgehead atoms. The van der Waals surface area contributed by atoms with Crippen LogP contribution in [0.2, 0.25) is 0 Å². The van der Waals surface area contributed by atoms with Gasteiger partial charge in [-0.15, -0.1) is 0 Å². The van der Waals surface area contributed by atoms with Crippen molar-refractivity contribution in [2.24, 2.45) is 0 Å². The number of amides is 1. The number of benzene rings is 3. The minimum Gasteiger partial charge on any atom is -0.490 e. The molecule has 0 fully saturated rings. The van der Waals surface area contributed by atoms with E-state index in [0.29, 0.717) is 0 Å². The van der Waals surface area contributed by atoms with Crippen molar-refractivity contribution in [2.45, 2.75) is 13.3 Å². The minimum atomic E-state index is -0.486. The van der Waals surface area contributed by atoms with E-state index in [-0.39, 0.29) is 32.1 Å². The highest BCUT2D eigenvalue weighted by Crippen LogP contribution is 2.19. The average molecular weight is 377 g/mol. The monoisotopic (exact) mass is 377 g/mol. The van der Waals surface area contributed by atoms with Crippen molar-refractivity contribution in [2.75, 3.05) is 19.8 Å². The quantitative estimate of drug-likeness (QED) is 0.483. The van der Waals surface area contributed by atoms with Crippen LogP contribution in [0.3, 0.4) is 0 Å². The summed E-state index contributed by atoms with van der Waals surface area (Å²) in [5.74, 6) is 0.0612. The maximum Gasteiger partial charge on any atom is 0.325 e. The van der Waals surface area contributed by atoms with Gasteiger partial charge in [0.05, 0.1) is 6.42 Å². The Morgan fingerprint density at radius 2 is 1.64 bits per heavy atom. The normalized spacial score (nSPS) is 10.5. The Balaban J connectivity index is 1.39. The molecule has 1 N–H and O–H groups in total. The van der Waals surface area contributed by atoms with E-state index >= 15 is 0 Å². The van der Waals surface area contributed by atoms with E-state index in [1.165, 1.54) is 0 Å². The molecule has 3 aromatic rings. The van der Waals surface area contributed by atoms with Gasteiger partial charge >= 0.3 is 5.97 Å². The van der Waals surface area contributed by atoms with Gasteiger partial charge in [0.2, 0.25) is 5.91 Å². The molecule has 5 nitrogen and oxygen atoms in total. The Morgan fingerprint density at radius 3 is 2.50 bits per heavy atom. The molecule has 0 heterocycles. The first-order valence-corrected chi connectivity index (χ1v) is 9.21. The van der Waals surface area contributed by atoms with E-state index in [0.717, 1.165) is 27.6 Å². The summed E-state index contributed by atoms with van der Waals surface area (Å²) >= 11 is 0.